The summed E-state index contributed by atoms with van der Waals surface area (Å²) in [4.78, 5) is 0. The van der Waals surface area contributed by atoms with E-state index in [4.69, 9.17) is 10.8 Å². The lowest BCUT2D eigenvalue weighted by atomic mass is 10.1. The highest BCUT2D eigenvalue weighted by molar-refractivity contribution is 9.10. The van der Waals surface area contributed by atoms with E-state index in [1.807, 2.05) is 24.3 Å². The highest BCUT2D eigenvalue weighted by Crippen LogP contribution is 2.22. The third-order valence-electron chi connectivity index (χ3n) is 1.74. The van der Waals surface area contributed by atoms with Gasteiger partial charge in [-0.25, -0.2) is 0 Å². The molecule has 2 nitrogen and oxygen atoms in total. The Bertz CT molecular complexity index is 257. The largest absolute Gasteiger partial charge is 0.396 e. The summed E-state index contributed by atoms with van der Waals surface area (Å²) in [7, 11) is 0. The lowest BCUT2D eigenvalue weighted by Gasteiger charge is -2.11. The molecule has 0 aliphatic carbocycles. The fourth-order valence-corrected chi connectivity index (χ4v) is 1.65. The maximum Gasteiger partial charge on any atom is 0.0449 e. The molecule has 0 saturated carbocycles. The molecule has 0 heterocycles. The van der Waals surface area contributed by atoms with Crippen molar-refractivity contribution in [2.24, 2.45) is 5.73 Å². The van der Waals surface area contributed by atoms with Crippen LogP contribution in [0.5, 0.6) is 0 Å². The van der Waals surface area contributed by atoms with Crippen molar-refractivity contribution in [1.82, 2.24) is 0 Å². The molecular weight excluding hydrogens is 253 g/mol. The molecule has 74 valence electrons. The van der Waals surface area contributed by atoms with Crippen molar-refractivity contribution in [3.8, 4) is 0 Å². The van der Waals surface area contributed by atoms with Crippen LogP contribution >= 0.6 is 28.3 Å². The SMILES string of the molecule is Cl.N[C@@H](CCO)c1ccccc1Br. The standard InChI is InChI=1S/C9H12BrNO.ClH/c10-8-4-2-1-3-7(8)9(11)5-6-12;/h1-4,9,12H,5-6,11H2;1H/t9-;/m0./s1. The van der Waals surface area contributed by atoms with E-state index < -0.39 is 0 Å². The summed E-state index contributed by atoms with van der Waals surface area (Å²) in [5.74, 6) is 0. The van der Waals surface area contributed by atoms with Crippen LogP contribution in [0.4, 0.5) is 0 Å². The first-order chi connectivity index (χ1) is 5.75. The molecule has 1 atom stereocenters. The van der Waals surface area contributed by atoms with Crippen LogP contribution < -0.4 is 5.73 Å². The first-order valence-electron chi connectivity index (χ1n) is 3.86. The summed E-state index contributed by atoms with van der Waals surface area (Å²) >= 11 is 3.41. The highest BCUT2D eigenvalue weighted by Gasteiger charge is 2.07. The molecule has 1 aromatic carbocycles. The van der Waals surface area contributed by atoms with Crippen LogP contribution in [0.1, 0.15) is 18.0 Å². The second-order valence-corrected chi connectivity index (χ2v) is 3.49. The Morgan fingerprint density at radius 3 is 2.54 bits per heavy atom. The van der Waals surface area contributed by atoms with Gasteiger partial charge in [0.15, 0.2) is 0 Å². The summed E-state index contributed by atoms with van der Waals surface area (Å²) in [5, 5.41) is 8.69. The molecule has 0 aliphatic rings. The second-order valence-electron chi connectivity index (χ2n) is 2.64. The Kier molecular flexibility index (Phi) is 6.33. The summed E-state index contributed by atoms with van der Waals surface area (Å²) < 4.78 is 1.01. The molecule has 0 saturated heterocycles. The Morgan fingerprint density at radius 2 is 2.00 bits per heavy atom. The second kappa shape index (κ2) is 6.38. The normalized spacial score (nSPS) is 11.9. The number of hydrogen-bond acceptors (Lipinski definition) is 2. The van der Waals surface area contributed by atoms with Gasteiger partial charge in [-0.05, 0) is 18.1 Å². The number of aliphatic hydroxyl groups excluding tert-OH is 1. The van der Waals surface area contributed by atoms with Gasteiger partial charge in [0.05, 0.1) is 0 Å². The maximum absolute atomic E-state index is 8.69. The first-order valence-corrected chi connectivity index (χ1v) is 4.66. The van der Waals surface area contributed by atoms with E-state index in [0.29, 0.717) is 6.42 Å². The minimum Gasteiger partial charge on any atom is -0.396 e. The first kappa shape index (κ1) is 12.9. The van der Waals surface area contributed by atoms with Crippen molar-refractivity contribution >= 4 is 28.3 Å². The van der Waals surface area contributed by atoms with Crippen LogP contribution in [0.15, 0.2) is 28.7 Å². The molecule has 0 fully saturated rings. The van der Waals surface area contributed by atoms with Gasteiger partial charge in [-0.1, -0.05) is 34.1 Å². The Labute approximate surface area is 92.7 Å². The predicted octanol–water partition coefficient (Wildman–Crippen LogP) is 2.25. The molecule has 0 spiro atoms. The van der Waals surface area contributed by atoms with Gasteiger partial charge in [0.1, 0.15) is 0 Å². The highest BCUT2D eigenvalue weighted by atomic mass is 79.9. The molecule has 1 rings (SSSR count). The number of aliphatic hydroxyl groups is 1. The Balaban J connectivity index is 0.00000144. The third kappa shape index (κ3) is 3.65. The number of rotatable bonds is 3. The summed E-state index contributed by atoms with van der Waals surface area (Å²) in [6.07, 6.45) is 0.600. The molecule has 1 aromatic rings. The molecule has 3 N–H and O–H groups in total. The fourth-order valence-electron chi connectivity index (χ4n) is 1.07. The van der Waals surface area contributed by atoms with Gasteiger partial charge in [-0.3, -0.25) is 0 Å². The maximum atomic E-state index is 8.69. The molecule has 0 amide bonds. The van der Waals surface area contributed by atoms with Crippen molar-refractivity contribution in [3.05, 3.63) is 34.3 Å². The van der Waals surface area contributed by atoms with Crippen LogP contribution in [0.3, 0.4) is 0 Å². The monoisotopic (exact) mass is 265 g/mol. The van der Waals surface area contributed by atoms with Crippen LogP contribution in [0, 0.1) is 0 Å². The van der Waals surface area contributed by atoms with Crippen LogP contribution in [0.2, 0.25) is 0 Å². The minimum atomic E-state index is -0.0782. The predicted molar refractivity (Wildman–Crippen MR) is 60.0 cm³/mol. The van der Waals surface area contributed by atoms with E-state index in [1.54, 1.807) is 0 Å². The summed E-state index contributed by atoms with van der Waals surface area (Å²) in [6.45, 7) is 0.127. The number of benzene rings is 1. The molecular formula is C9H13BrClNO. The van der Waals surface area contributed by atoms with Crippen molar-refractivity contribution in [3.63, 3.8) is 0 Å². The van der Waals surface area contributed by atoms with Crippen LogP contribution in [-0.4, -0.2) is 11.7 Å². The smallest absolute Gasteiger partial charge is 0.0449 e. The van der Waals surface area contributed by atoms with Crippen LogP contribution in [0.25, 0.3) is 0 Å². The van der Waals surface area contributed by atoms with Crippen molar-refractivity contribution in [2.75, 3.05) is 6.61 Å². The van der Waals surface area contributed by atoms with E-state index in [9.17, 15) is 0 Å². The van der Waals surface area contributed by atoms with E-state index in [0.717, 1.165) is 10.0 Å². The molecule has 0 radical (unpaired) electrons. The van der Waals surface area contributed by atoms with Gasteiger partial charge in [-0.15, -0.1) is 12.4 Å². The van der Waals surface area contributed by atoms with Gasteiger partial charge in [0.25, 0.3) is 0 Å². The Morgan fingerprint density at radius 1 is 1.38 bits per heavy atom. The van der Waals surface area contributed by atoms with Crippen LogP contribution in [-0.2, 0) is 0 Å². The average molecular weight is 267 g/mol. The average Bonchev–Trinajstić information content (AvgIpc) is 2.05. The number of nitrogens with two attached hydrogens (primary N) is 1. The van der Waals surface area contributed by atoms with Gasteiger partial charge in [0, 0.05) is 17.1 Å². The van der Waals surface area contributed by atoms with Crippen molar-refractivity contribution < 1.29 is 5.11 Å². The fraction of sp³-hybridized carbons (Fsp3) is 0.333. The Hall–Kier alpha value is -0.0900. The van der Waals surface area contributed by atoms with Gasteiger partial charge < -0.3 is 10.8 Å². The summed E-state index contributed by atoms with van der Waals surface area (Å²) in [6, 6.07) is 7.72. The molecule has 0 unspecified atom stereocenters. The van der Waals surface area contributed by atoms with Crippen molar-refractivity contribution in [2.45, 2.75) is 12.5 Å². The summed E-state index contributed by atoms with van der Waals surface area (Å²) in [5.41, 5.74) is 6.86. The zero-order valence-corrected chi connectivity index (χ0v) is 9.51. The number of halogens is 2. The number of hydrogen-bond donors (Lipinski definition) is 2. The lowest BCUT2D eigenvalue weighted by molar-refractivity contribution is 0.276. The molecule has 0 aromatic heterocycles. The zero-order chi connectivity index (χ0) is 8.97. The van der Waals surface area contributed by atoms with E-state index in [1.165, 1.54) is 0 Å². The minimum absolute atomic E-state index is 0. The van der Waals surface area contributed by atoms with Crippen molar-refractivity contribution in [1.29, 1.82) is 0 Å². The van der Waals surface area contributed by atoms with E-state index in [-0.39, 0.29) is 25.1 Å². The van der Waals surface area contributed by atoms with E-state index >= 15 is 0 Å². The lowest BCUT2D eigenvalue weighted by Crippen LogP contribution is -2.12. The molecule has 4 heteroatoms. The van der Waals surface area contributed by atoms with E-state index in [2.05, 4.69) is 15.9 Å². The van der Waals surface area contributed by atoms with Gasteiger partial charge in [-0.2, -0.15) is 0 Å². The molecule has 13 heavy (non-hydrogen) atoms. The van der Waals surface area contributed by atoms with Gasteiger partial charge >= 0.3 is 0 Å². The van der Waals surface area contributed by atoms with Gasteiger partial charge in [0.2, 0.25) is 0 Å². The quantitative estimate of drug-likeness (QED) is 0.881. The molecule has 0 bridgehead atoms. The topological polar surface area (TPSA) is 46.2 Å². The zero-order valence-electron chi connectivity index (χ0n) is 7.11. The third-order valence-corrected chi connectivity index (χ3v) is 2.47. The molecule has 0 aliphatic heterocycles.